The van der Waals surface area contributed by atoms with Crippen LogP contribution >= 0.6 is 0 Å². The van der Waals surface area contributed by atoms with Gasteiger partial charge in [-0.25, -0.2) is 23.2 Å². The van der Waals surface area contributed by atoms with E-state index >= 15 is 0 Å². The number of hydrogen-bond acceptors (Lipinski definition) is 5. The maximum Gasteiger partial charge on any atom is 0.346 e. The smallest absolute Gasteiger partial charge is 0.346 e. The van der Waals surface area contributed by atoms with Crippen molar-refractivity contribution in [3.05, 3.63) is 75.2 Å². The van der Waals surface area contributed by atoms with Crippen molar-refractivity contribution in [2.24, 2.45) is 0 Å². The van der Waals surface area contributed by atoms with Crippen LogP contribution in [0.3, 0.4) is 0 Å². The summed E-state index contributed by atoms with van der Waals surface area (Å²) in [5, 5.41) is 13.6. The number of rotatable bonds is 4. The van der Waals surface area contributed by atoms with Crippen LogP contribution in [0.1, 0.15) is 54.0 Å². The molecule has 0 radical (unpaired) electrons. The van der Waals surface area contributed by atoms with Crippen LogP contribution in [0.5, 0.6) is 5.75 Å². The molecule has 31 heavy (non-hydrogen) atoms. The number of halogens is 2. The van der Waals surface area contributed by atoms with Gasteiger partial charge in [-0.15, -0.1) is 0 Å². The Morgan fingerprint density at radius 3 is 2.68 bits per heavy atom. The van der Waals surface area contributed by atoms with Crippen LogP contribution in [0.15, 0.2) is 35.3 Å². The van der Waals surface area contributed by atoms with Gasteiger partial charge in [0.15, 0.2) is 0 Å². The molecule has 3 aromatic rings. The van der Waals surface area contributed by atoms with Crippen LogP contribution in [-0.4, -0.2) is 25.4 Å². The van der Waals surface area contributed by atoms with Crippen molar-refractivity contribution in [2.45, 2.75) is 50.8 Å². The standard InChI is InChI=1S/C22H19F2N5O2/c1-12-18(11-25)26-5-4-20(12)31-17-9-16(10-17)29-22(30)28-19(2-3-21(28)27-29)13-6-14(23)8-15(24)7-13/h4-8,16-17,19H,2-3,9-10H2,1H3/t16?,17?,19-/m0/s1. The third-order valence-corrected chi connectivity index (χ3v) is 6.10. The number of nitriles is 1. The number of aromatic nitrogens is 4. The number of pyridine rings is 1. The lowest BCUT2D eigenvalue weighted by Gasteiger charge is -2.35. The summed E-state index contributed by atoms with van der Waals surface area (Å²) in [6.07, 6.45) is 3.83. The van der Waals surface area contributed by atoms with E-state index in [2.05, 4.69) is 10.1 Å². The molecule has 0 bridgehead atoms. The number of aryl methyl sites for hydroxylation is 1. The van der Waals surface area contributed by atoms with Gasteiger partial charge in [-0.3, -0.25) is 4.57 Å². The van der Waals surface area contributed by atoms with Gasteiger partial charge in [0.1, 0.15) is 41.1 Å². The Hall–Kier alpha value is -3.54. The van der Waals surface area contributed by atoms with Crippen LogP contribution in [0.25, 0.3) is 0 Å². The molecule has 2 aliphatic rings. The highest BCUT2D eigenvalue weighted by Gasteiger charge is 2.38. The fourth-order valence-electron chi connectivity index (χ4n) is 4.41. The lowest BCUT2D eigenvalue weighted by Crippen LogP contribution is -2.41. The Morgan fingerprint density at radius 1 is 1.23 bits per heavy atom. The first-order valence-corrected chi connectivity index (χ1v) is 10.1. The Kier molecular flexibility index (Phi) is 4.58. The van der Waals surface area contributed by atoms with E-state index in [0.717, 1.165) is 6.07 Å². The largest absolute Gasteiger partial charge is 0.490 e. The minimum absolute atomic E-state index is 0.0887. The fraction of sp³-hybridized carbons (Fsp3) is 0.364. The summed E-state index contributed by atoms with van der Waals surface area (Å²) in [6, 6.07) is 6.61. The third kappa shape index (κ3) is 3.28. The third-order valence-electron chi connectivity index (χ3n) is 6.10. The average molecular weight is 423 g/mol. The first-order valence-electron chi connectivity index (χ1n) is 10.1. The van der Waals surface area contributed by atoms with Gasteiger partial charge in [0.05, 0.1) is 12.1 Å². The first-order chi connectivity index (χ1) is 14.9. The van der Waals surface area contributed by atoms with E-state index in [4.69, 9.17) is 10.00 Å². The highest BCUT2D eigenvalue weighted by molar-refractivity contribution is 5.40. The molecular weight excluding hydrogens is 404 g/mol. The molecule has 1 aromatic carbocycles. The highest BCUT2D eigenvalue weighted by Crippen LogP contribution is 2.37. The zero-order chi connectivity index (χ0) is 21.7. The molecule has 2 aromatic heterocycles. The van der Waals surface area contributed by atoms with Crippen LogP contribution in [0.2, 0.25) is 0 Å². The van der Waals surface area contributed by atoms with E-state index in [1.165, 1.54) is 23.0 Å². The van der Waals surface area contributed by atoms with Crippen molar-refractivity contribution in [3.63, 3.8) is 0 Å². The van der Waals surface area contributed by atoms with E-state index in [-0.39, 0.29) is 17.8 Å². The van der Waals surface area contributed by atoms with Crippen molar-refractivity contribution >= 4 is 0 Å². The predicted molar refractivity (Wildman–Crippen MR) is 106 cm³/mol. The maximum atomic E-state index is 13.7. The Bertz CT molecular complexity index is 1250. The lowest BCUT2D eigenvalue weighted by molar-refractivity contribution is 0.0616. The van der Waals surface area contributed by atoms with E-state index in [0.29, 0.717) is 54.1 Å². The quantitative estimate of drug-likeness (QED) is 0.643. The highest BCUT2D eigenvalue weighted by atomic mass is 19.1. The van der Waals surface area contributed by atoms with Crippen molar-refractivity contribution < 1.29 is 13.5 Å². The topological polar surface area (TPSA) is 85.7 Å². The molecule has 1 fully saturated rings. The SMILES string of the molecule is Cc1c(OC2CC(n3nc4n(c3=O)[C@H](c3cc(F)cc(F)c3)CC4)C2)ccnc1C#N. The number of benzene rings is 1. The molecule has 0 amide bonds. The van der Waals surface area contributed by atoms with E-state index in [1.807, 2.05) is 6.07 Å². The summed E-state index contributed by atoms with van der Waals surface area (Å²) in [5.41, 5.74) is 1.19. The van der Waals surface area contributed by atoms with Gasteiger partial charge in [-0.1, -0.05) is 0 Å². The van der Waals surface area contributed by atoms with Crippen LogP contribution in [0.4, 0.5) is 8.78 Å². The Balaban J connectivity index is 1.33. The van der Waals surface area contributed by atoms with Gasteiger partial charge < -0.3 is 4.74 Å². The van der Waals surface area contributed by atoms with Gasteiger partial charge in [-0.05, 0) is 37.1 Å². The lowest BCUT2D eigenvalue weighted by atomic mass is 9.89. The molecule has 1 aliphatic carbocycles. The number of fused-ring (bicyclic) bond motifs is 1. The zero-order valence-electron chi connectivity index (χ0n) is 16.8. The minimum atomic E-state index is -0.658. The molecule has 0 unspecified atom stereocenters. The maximum absolute atomic E-state index is 13.7. The molecule has 5 rings (SSSR count). The van der Waals surface area contributed by atoms with Crippen LogP contribution in [0, 0.1) is 29.9 Å². The van der Waals surface area contributed by atoms with Crippen LogP contribution < -0.4 is 10.4 Å². The molecule has 0 spiro atoms. The zero-order valence-corrected chi connectivity index (χ0v) is 16.8. The van der Waals surface area contributed by atoms with E-state index < -0.39 is 17.7 Å². The summed E-state index contributed by atoms with van der Waals surface area (Å²) in [5.74, 6) is -0.0711. The second-order valence-corrected chi connectivity index (χ2v) is 8.03. The number of hydrogen-bond donors (Lipinski definition) is 0. The van der Waals surface area contributed by atoms with Gasteiger partial charge in [0.25, 0.3) is 0 Å². The monoisotopic (exact) mass is 423 g/mol. The Morgan fingerprint density at radius 2 is 1.97 bits per heavy atom. The summed E-state index contributed by atoms with van der Waals surface area (Å²) >= 11 is 0. The van der Waals surface area contributed by atoms with Gasteiger partial charge in [-0.2, -0.15) is 10.4 Å². The van der Waals surface area contributed by atoms with Crippen molar-refractivity contribution in [3.8, 4) is 11.8 Å². The van der Waals surface area contributed by atoms with Gasteiger partial charge in [0.2, 0.25) is 0 Å². The summed E-state index contributed by atoms with van der Waals surface area (Å²) in [6.45, 7) is 1.79. The predicted octanol–water partition coefficient (Wildman–Crippen LogP) is 3.22. The average Bonchev–Trinajstić information content (AvgIpc) is 3.25. The molecule has 7 nitrogen and oxygen atoms in total. The summed E-state index contributed by atoms with van der Waals surface area (Å²) in [7, 11) is 0. The fourth-order valence-corrected chi connectivity index (χ4v) is 4.41. The molecule has 1 saturated carbocycles. The summed E-state index contributed by atoms with van der Waals surface area (Å²) < 4.78 is 36.3. The number of ether oxygens (including phenoxy) is 1. The van der Waals surface area contributed by atoms with E-state index in [1.54, 1.807) is 17.6 Å². The van der Waals surface area contributed by atoms with Crippen molar-refractivity contribution in [1.29, 1.82) is 5.26 Å². The van der Waals surface area contributed by atoms with Crippen LogP contribution in [-0.2, 0) is 6.42 Å². The normalized spacial score (nSPS) is 21.9. The molecule has 9 heteroatoms. The minimum Gasteiger partial charge on any atom is -0.490 e. The first kappa shape index (κ1) is 19.4. The molecule has 1 atom stereocenters. The summed E-state index contributed by atoms with van der Waals surface area (Å²) in [4.78, 5) is 17.0. The second kappa shape index (κ2) is 7.30. The van der Waals surface area contributed by atoms with Crippen molar-refractivity contribution in [2.75, 3.05) is 0 Å². The molecule has 158 valence electrons. The molecule has 0 saturated heterocycles. The Labute approximate surface area is 176 Å². The van der Waals surface area contributed by atoms with Gasteiger partial charge >= 0.3 is 5.69 Å². The second-order valence-electron chi connectivity index (χ2n) is 8.03. The number of nitrogens with zero attached hydrogens (tertiary/aromatic N) is 5. The molecule has 1 aliphatic heterocycles. The van der Waals surface area contributed by atoms with E-state index in [9.17, 15) is 13.6 Å². The molecular formula is C22H19F2N5O2. The van der Waals surface area contributed by atoms with Gasteiger partial charge in [0, 0.05) is 37.1 Å². The van der Waals surface area contributed by atoms with Crippen molar-refractivity contribution in [1.82, 2.24) is 19.3 Å². The molecule has 3 heterocycles. The molecule has 0 N–H and O–H groups in total.